The number of fused-ring (bicyclic) bond motifs is 1. The van der Waals surface area contributed by atoms with Crippen LogP contribution < -0.4 is 15.4 Å². The van der Waals surface area contributed by atoms with Gasteiger partial charge in [0.15, 0.2) is 16.9 Å². The number of aromatic nitrogens is 1. The van der Waals surface area contributed by atoms with Gasteiger partial charge >= 0.3 is 18.0 Å². The van der Waals surface area contributed by atoms with E-state index in [-0.39, 0.29) is 45.5 Å². The van der Waals surface area contributed by atoms with Gasteiger partial charge in [0.2, 0.25) is 6.10 Å². The van der Waals surface area contributed by atoms with E-state index in [1.807, 2.05) is 60.7 Å². The molecule has 326 valence electrons. The first-order valence-corrected chi connectivity index (χ1v) is 22.0. The highest BCUT2D eigenvalue weighted by Crippen LogP contribution is 2.41. The summed E-state index contributed by atoms with van der Waals surface area (Å²) in [5.41, 5.74) is 1.04. The van der Waals surface area contributed by atoms with Crippen LogP contribution in [0.5, 0.6) is 5.75 Å². The highest BCUT2D eigenvalue weighted by molar-refractivity contribution is 8.00. The maximum atomic E-state index is 14.2. The second-order valence-electron chi connectivity index (χ2n) is 14.7. The monoisotopic (exact) mass is 923 g/mol. The summed E-state index contributed by atoms with van der Waals surface area (Å²) in [4.78, 5) is 79.2. The van der Waals surface area contributed by atoms with Gasteiger partial charge in [0, 0.05) is 11.6 Å². The number of carbonyl (C=O) groups excluding carboxylic acids is 5. The van der Waals surface area contributed by atoms with E-state index < -0.39 is 64.8 Å². The summed E-state index contributed by atoms with van der Waals surface area (Å²) >= 11 is 14.9. The molecule has 19 heteroatoms. The number of benzene rings is 3. The number of thioether (sulfide) groups is 1. The molecule has 2 aliphatic heterocycles. The van der Waals surface area contributed by atoms with Crippen LogP contribution in [0.2, 0.25) is 4.34 Å². The molecule has 3 heterocycles. The number of nitrogens with one attached hydrogen (secondary N) is 2. The minimum Gasteiger partial charge on any atom is -0.497 e. The first-order valence-electron chi connectivity index (χ1n) is 19.3. The lowest BCUT2D eigenvalue weighted by atomic mass is 10.0. The number of hydrogen-bond donors (Lipinski definition) is 2. The van der Waals surface area contributed by atoms with E-state index in [9.17, 15) is 24.0 Å². The number of ether oxygens (including phenoxy) is 4. The Balaban J connectivity index is 1.23. The summed E-state index contributed by atoms with van der Waals surface area (Å²) in [7, 11) is 1.54. The van der Waals surface area contributed by atoms with Crippen molar-refractivity contribution in [2.75, 3.05) is 24.1 Å². The second kappa shape index (κ2) is 20.5. The number of thiazole rings is 1. The lowest BCUT2D eigenvalue weighted by molar-refractivity contribution is -0.161. The largest absolute Gasteiger partial charge is 0.497 e. The van der Waals surface area contributed by atoms with Gasteiger partial charge in [-0.2, -0.15) is 0 Å². The molecule has 0 spiro atoms. The molecule has 2 N–H and O–H groups in total. The Labute approximate surface area is 376 Å². The molecule has 3 atom stereocenters. The van der Waals surface area contributed by atoms with Gasteiger partial charge < -0.3 is 29.1 Å². The molecule has 0 radical (unpaired) electrons. The topological polar surface area (TPSA) is 184 Å². The quantitative estimate of drug-likeness (QED) is 0.0280. The average Bonchev–Trinajstić information content (AvgIpc) is 3.62. The van der Waals surface area contributed by atoms with Crippen LogP contribution in [-0.2, 0) is 44.8 Å². The fourth-order valence-electron chi connectivity index (χ4n) is 6.18. The molecule has 4 aromatic rings. The Morgan fingerprint density at radius 1 is 0.984 bits per heavy atom. The third-order valence-electron chi connectivity index (χ3n) is 9.19. The first-order chi connectivity index (χ1) is 29.7. The standard InChI is InChI=1S/C43H43Cl2N5O10S2/c1-6-29(39(53)58-34(25-13-9-7-10-14-25)26-15-11-8-12-16-26)60-49-31(30-35(45)62-41(47-30)48-42(55)59-43(2,3)4)36(51)46-32-37(52)50-33(27(21-44)23-61-38(32)50)40(54)57-22-24-17-19-28(56-5)20-18-24/h7-20,29,32,34,38H,6,21-23H2,1-5H3,(H,46,51)(H,47,48,55)/b49-31-/t29-,32?,38?/m1/s1. The van der Waals surface area contributed by atoms with E-state index in [0.717, 1.165) is 11.3 Å². The maximum absolute atomic E-state index is 14.2. The normalized spacial score (nSPS) is 16.7. The smallest absolute Gasteiger partial charge is 0.413 e. The third-order valence-corrected chi connectivity index (χ3v) is 12.0. The Morgan fingerprint density at radius 3 is 2.21 bits per heavy atom. The van der Waals surface area contributed by atoms with Gasteiger partial charge in [-0.25, -0.2) is 19.4 Å². The van der Waals surface area contributed by atoms with Crippen molar-refractivity contribution in [3.8, 4) is 5.75 Å². The zero-order chi connectivity index (χ0) is 44.6. The summed E-state index contributed by atoms with van der Waals surface area (Å²) in [6.07, 6.45) is -2.86. The predicted molar refractivity (Wildman–Crippen MR) is 235 cm³/mol. The minimum absolute atomic E-state index is 0.000927. The SMILES string of the molecule is CC[C@@H](O/N=C(\C(=O)NC1C(=O)N2C(C(=O)OCc3ccc(OC)cc3)=C(CCl)CSC12)c1nc(NC(=O)OC(C)(C)C)sc1Cl)C(=O)OC(c1ccccc1)c1ccccc1. The number of rotatable bonds is 16. The molecule has 2 unspecified atom stereocenters. The van der Waals surface area contributed by atoms with Gasteiger partial charge in [-0.1, -0.05) is 108 Å². The van der Waals surface area contributed by atoms with Crippen LogP contribution in [-0.4, -0.2) is 87.3 Å². The van der Waals surface area contributed by atoms with Gasteiger partial charge in [0.05, 0.1) is 7.11 Å². The van der Waals surface area contributed by atoms with Crippen molar-refractivity contribution in [1.82, 2.24) is 15.2 Å². The average molecular weight is 925 g/mol. The van der Waals surface area contributed by atoms with E-state index >= 15 is 0 Å². The Morgan fingerprint density at radius 2 is 1.63 bits per heavy atom. The van der Waals surface area contributed by atoms with Crippen LogP contribution in [0.25, 0.3) is 0 Å². The summed E-state index contributed by atoms with van der Waals surface area (Å²) < 4.78 is 22.0. The maximum Gasteiger partial charge on any atom is 0.413 e. The van der Waals surface area contributed by atoms with Gasteiger partial charge in [-0.3, -0.25) is 19.8 Å². The van der Waals surface area contributed by atoms with Crippen LogP contribution in [0.15, 0.2) is 101 Å². The van der Waals surface area contributed by atoms with Gasteiger partial charge in [0.1, 0.15) is 45.1 Å². The molecule has 1 fully saturated rings. The Bertz CT molecular complexity index is 2300. The number of esters is 2. The molecule has 2 aliphatic rings. The predicted octanol–water partition coefficient (Wildman–Crippen LogP) is 7.62. The number of oxime groups is 1. The molecule has 3 aromatic carbocycles. The summed E-state index contributed by atoms with van der Waals surface area (Å²) in [5, 5.41) is 8.50. The second-order valence-corrected chi connectivity index (χ2v) is 17.7. The fourth-order valence-corrected chi connectivity index (χ4v) is 8.89. The zero-order valence-electron chi connectivity index (χ0n) is 34.2. The van der Waals surface area contributed by atoms with Gasteiger partial charge in [0.25, 0.3) is 11.8 Å². The molecular formula is C43H43Cl2N5O10S2. The van der Waals surface area contributed by atoms with E-state index in [0.29, 0.717) is 28.0 Å². The van der Waals surface area contributed by atoms with Crippen molar-refractivity contribution in [2.24, 2.45) is 5.16 Å². The zero-order valence-corrected chi connectivity index (χ0v) is 37.4. The van der Waals surface area contributed by atoms with E-state index in [2.05, 4.69) is 20.8 Å². The Kier molecular flexibility index (Phi) is 15.2. The molecule has 0 bridgehead atoms. The van der Waals surface area contributed by atoms with Crippen LogP contribution in [0, 0.1) is 0 Å². The van der Waals surface area contributed by atoms with Crippen LogP contribution in [0.3, 0.4) is 0 Å². The van der Waals surface area contributed by atoms with Gasteiger partial charge in [-0.15, -0.1) is 23.4 Å². The van der Waals surface area contributed by atoms with Crippen LogP contribution in [0.4, 0.5) is 9.93 Å². The number of anilines is 1. The molecule has 1 aromatic heterocycles. The molecule has 0 aliphatic carbocycles. The van der Waals surface area contributed by atoms with Gasteiger partial charge in [-0.05, 0) is 61.6 Å². The van der Waals surface area contributed by atoms with E-state index in [1.54, 1.807) is 59.1 Å². The molecule has 1 saturated heterocycles. The van der Waals surface area contributed by atoms with Crippen molar-refractivity contribution in [3.05, 3.63) is 123 Å². The van der Waals surface area contributed by atoms with Crippen molar-refractivity contribution in [2.45, 2.75) is 69.9 Å². The van der Waals surface area contributed by atoms with Crippen molar-refractivity contribution >= 4 is 87.0 Å². The summed E-state index contributed by atoms with van der Waals surface area (Å²) in [5.74, 6) is -2.23. The van der Waals surface area contributed by atoms with Crippen molar-refractivity contribution < 1.29 is 47.8 Å². The number of methoxy groups -OCH3 is 1. The number of amides is 3. The number of hydrogen-bond acceptors (Lipinski definition) is 14. The highest BCUT2D eigenvalue weighted by Gasteiger charge is 2.54. The number of halogens is 2. The Hall–Kier alpha value is -5.62. The summed E-state index contributed by atoms with van der Waals surface area (Å²) in [6.45, 7) is 6.65. The lowest BCUT2D eigenvalue weighted by Crippen LogP contribution is -2.71. The van der Waals surface area contributed by atoms with Crippen molar-refractivity contribution in [3.63, 3.8) is 0 Å². The minimum atomic E-state index is -1.31. The van der Waals surface area contributed by atoms with Crippen LogP contribution in [0.1, 0.15) is 62.6 Å². The molecule has 6 rings (SSSR count). The third kappa shape index (κ3) is 11.1. The van der Waals surface area contributed by atoms with Crippen molar-refractivity contribution in [1.29, 1.82) is 0 Å². The molecule has 15 nitrogen and oxygen atoms in total. The number of alkyl halides is 1. The van der Waals surface area contributed by atoms with E-state index in [4.69, 9.17) is 47.0 Å². The molecule has 62 heavy (non-hydrogen) atoms. The van der Waals surface area contributed by atoms with Crippen LogP contribution >= 0.6 is 46.3 Å². The lowest BCUT2D eigenvalue weighted by Gasteiger charge is -2.49. The molecular weight excluding hydrogens is 882 g/mol. The number of carbonyl (C=O) groups is 5. The number of β-lactam (4-membered cyclic amide) rings is 1. The highest BCUT2D eigenvalue weighted by atomic mass is 35.5. The molecule has 3 amide bonds. The number of nitrogens with zero attached hydrogens (tertiary/aromatic N) is 3. The molecule has 0 saturated carbocycles. The fraction of sp³-hybridized carbons (Fsp3) is 0.326. The summed E-state index contributed by atoms with van der Waals surface area (Å²) in [6, 6.07) is 24.1. The van der Waals surface area contributed by atoms with E-state index in [1.165, 1.54) is 16.7 Å². The first kappa shape index (κ1) is 45.9.